The predicted octanol–water partition coefficient (Wildman–Crippen LogP) is 2.23. The molecule has 0 atom stereocenters. The third-order valence-corrected chi connectivity index (χ3v) is 4.34. The molecule has 0 saturated carbocycles. The van der Waals surface area contributed by atoms with Gasteiger partial charge in [0.15, 0.2) is 5.96 Å². The molecule has 5 nitrogen and oxygen atoms in total. The van der Waals surface area contributed by atoms with Crippen molar-refractivity contribution in [3.05, 3.63) is 0 Å². The monoisotopic (exact) mass is 439 g/mol. The van der Waals surface area contributed by atoms with Crippen molar-refractivity contribution >= 4 is 29.9 Å². The Kier molecular flexibility index (Phi) is 14.2. The summed E-state index contributed by atoms with van der Waals surface area (Å²) >= 11 is 0. The van der Waals surface area contributed by atoms with E-state index in [-0.39, 0.29) is 24.0 Å². The van der Waals surface area contributed by atoms with Crippen LogP contribution >= 0.6 is 24.0 Å². The van der Waals surface area contributed by atoms with Crippen molar-refractivity contribution in [3.63, 3.8) is 0 Å². The quantitative estimate of drug-likeness (QED) is 0.250. The van der Waals surface area contributed by atoms with Crippen molar-refractivity contribution < 1.29 is 0 Å². The van der Waals surface area contributed by atoms with Gasteiger partial charge in [-0.1, -0.05) is 20.8 Å². The van der Waals surface area contributed by atoms with Crippen LogP contribution in [-0.2, 0) is 0 Å². The minimum atomic E-state index is 0. The molecule has 0 aromatic rings. The summed E-state index contributed by atoms with van der Waals surface area (Å²) in [7, 11) is 1.85. The molecule has 1 fully saturated rings. The van der Waals surface area contributed by atoms with Crippen LogP contribution in [0.4, 0.5) is 0 Å². The highest BCUT2D eigenvalue weighted by Gasteiger charge is 2.14. The summed E-state index contributed by atoms with van der Waals surface area (Å²) in [5, 5.41) is 6.78. The fourth-order valence-electron chi connectivity index (χ4n) is 2.70. The Morgan fingerprint density at radius 3 is 2.17 bits per heavy atom. The maximum atomic E-state index is 4.27. The lowest BCUT2D eigenvalue weighted by atomic mass is 10.1. The molecule has 2 N–H and O–H groups in total. The van der Waals surface area contributed by atoms with Gasteiger partial charge in [-0.25, -0.2) is 0 Å². The number of hydrogen-bond donors (Lipinski definition) is 2. The third-order valence-electron chi connectivity index (χ3n) is 4.34. The minimum absolute atomic E-state index is 0. The van der Waals surface area contributed by atoms with Gasteiger partial charge >= 0.3 is 0 Å². The van der Waals surface area contributed by atoms with E-state index < -0.39 is 0 Å². The zero-order valence-corrected chi connectivity index (χ0v) is 17.9. The first kappa shape index (κ1) is 22.9. The van der Waals surface area contributed by atoms with Gasteiger partial charge in [0.25, 0.3) is 0 Å². The van der Waals surface area contributed by atoms with E-state index in [1.54, 1.807) is 0 Å². The molecule has 1 rings (SSSR count). The second-order valence-electron chi connectivity index (χ2n) is 6.59. The van der Waals surface area contributed by atoms with E-state index in [2.05, 4.69) is 46.2 Å². The SMILES string of the molecule is CCN1CCN(CCCCNC(=NC)NCCC(C)C)CC1.I. The van der Waals surface area contributed by atoms with Crippen molar-refractivity contribution in [2.45, 2.75) is 40.0 Å². The zero-order chi connectivity index (χ0) is 16.2. The largest absolute Gasteiger partial charge is 0.356 e. The fraction of sp³-hybridized carbons (Fsp3) is 0.941. The molecule has 138 valence electrons. The van der Waals surface area contributed by atoms with Crippen LogP contribution in [0.5, 0.6) is 0 Å². The molecule has 0 radical (unpaired) electrons. The smallest absolute Gasteiger partial charge is 0.190 e. The van der Waals surface area contributed by atoms with Gasteiger partial charge in [-0.15, -0.1) is 24.0 Å². The van der Waals surface area contributed by atoms with Gasteiger partial charge in [-0.2, -0.15) is 0 Å². The van der Waals surface area contributed by atoms with Gasteiger partial charge in [-0.05, 0) is 38.3 Å². The highest BCUT2D eigenvalue weighted by Crippen LogP contribution is 2.02. The van der Waals surface area contributed by atoms with Crippen LogP contribution in [0.1, 0.15) is 40.0 Å². The van der Waals surface area contributed by atoms with Gasteiger partial charge in [-0.3, -0.25) is 4.99 Å². The molecule has 0 aromatic heterocycles. The lowest BCUT2D eigenvalue weighted by Crippen LogP contribution is -2.46. The molecular weight excluding hydrogens is 401 g/mol. The van der Waals surface area contributed by atoms with E-state index in [0.717, 1.165) is 25.0 Å². The molecule has 0 spiro atoms. The number of nitrogens with zero attached hydrogens (tertiary/aromatic N) is 3. The van der Waals surface area contributed by atoms with E-state index in [0.29, 0.717) is 0 Å². The number of halogens is 1. The maximum Gasteiger partial charge on any atom is 0.190 e. The molecule has 1 heterocycles. The topological polar surface area (TPSA) is 42.9 Å². The Bertz CT molecular complexity index is 301. The maximum absolute atomic E-state index is 4.27. The molecule has 0 aliphatic carbocycles. The van der Waals surface area contributed by atoms with Gasteiger partial charge in [0.2, 0.25) is 0 Å². The van der Waals surface area contributed by atoms with Gasteiger partial charge in [0, 0.05) is 46.3 Å². The van der Waals surface area contributed by atoms with Crippen LogP contribution in [0.15, 0.2) is 4.99 Å². The number of aliphatic imine (C=N–C) groups is 1. The molecule has 23 heavy (non-hydrogen) atoms. The number of rotatable bonds is 9. The Labute approximate surface area is 160 Å². The average molecular weight is 439 g/mol. The summed E-state index contributed by atoms with van der Waals surface area (Å²) in [6, 6.07) is 0. The Morgan fingerprint density at radius 1 is 1.00 bits per heavy atom. The van der Waals surface area contributed by atoms with Crippen LogP contribution in [0.25, 0.3) is 0 Å². The zero-order valence-electron chi connectivity index (χ0n) is 15.6. The van der Waals surface area contributed by atoms with Crippen LogP contribution in [0, 0.1) is 5.92 Å². The Balaban J connectivity index is 0.00000484. The van der Waals surface area contributed by atoms with Crippen LogP contribution in [-0.4, -0.2) is 75.2 Å². The summed E-state index contributed by atoms with van der Waals surface area (Å²) in [5.74, 6) is 1.68. The fourth-order valence-corrected chi connectivity index (χ4v) is 2.70. The van der Waals surface area contributed by atoms with Crippen molar-refractivity contribution in [2.75, 3.05) is 59.4 Å². The number of hydrogen-bond acceptors (Lipinski definition) is 3. The molecule has 6 heteroatoms. The van der Waals surface area contributed by atoms with E-state index in [1.807, 2.05) is 7.05 Å². The highest BCUT2D eigenvalue weighted by atomic mass is 127. The number of piperazine rings is 1. The van der Waals surface area contributed by atoms with Crippen LogP contribution < -0.4 is 10.6 Å². The summed E-state index contributed by atoms with van der Waals surface area (Å²) in [6.45, 7) is 16.1. The molecule has 1 aliphatic rings. The van der Waals surface area contributed by atoms with Crippen molar-refractivity contribution in [3.8, 4) is 0 Å². The average Bonchev–Trinajstić information content (AvgIpc) is 2.53. The van der Waals surface area contributed by atoms with Crippen LogP contribution in [0.2, 0.25) is 0 Å². The van der Waals surface area contributed by atoms with Crippen molar-refractivity contribution in [1.82, 2.24) is 20.4 Å². The lowest BCUT2D eigenvalue weighted by Gasteiger charge is -2.34. The Morgan fingerprint density at radius 2 is 1.61 bits per heavy atom. The van der Waals surface area contributed by atoms with E-state index in [4.69, 9.17) is 0 Å². The van der Waals surface area contributed by atoms with E-state index in [1.165, 1.54) is 58.5 Å². The summed E-state index contributed by atoms with van der Waals surface area (Å²) in [6.07, 6.45) is 3.66. The summed E-state index contributed by atoms with van der Waals surface area (Å²) in [5.41, 5.74) is 0. The third kappa shape index (κ3) is 11.2. The van der Waals surface area contributed by atoms with E-state index >= 15 is 0 Å². The first-order valence-electron chi connectivity index (χ1n) is 9.05. The first-order chi connectivity index (χ1) is 10.7. The summed E-state index contributed by atoms with van der Waals surface area (Å²) < 4.78 is 0. The van der Waals surface area contributed by atoms with Gasteiger partial charge in [0.05, 0.1) is 0 Å². The molecule has 0 aromatic carbocycles. The second-order valence-corrected chi connectivity index (χ2v) is 6.59. The molecule has 0 amide bonds. The molecule has 1 aliphatic heterocycles. The van der Waals surface area contributed by atoms with Gasteiger partial charge in [0.1, 0.15) is 0 Å². The minimum Gasteiger partial charge on any atom is -0.356 e. The Hall–Kier alpha value is -0.0800. The molecule has 0 bridgehead atoms. The van der Waals surface area contributed by atoms with E-state index in [9.17, 15) is 0 Å². The predicted molar refractivity (Wildman–Crippen MR) is 112 cm³/mol. The number of guanidine groups is 1. The highest BCUT2D eigenvalue weighted by molar-refractivity contribution is 14.0. The number of unbranched alkanes of at least 4 members (excludes halogenated alkanes) is 1. The second kappa shape index (κ2) is 14.3. The number of likely N-dealkylation sites (N-methyl/N-ethyl adjacent to an activating group) is 1. The normalized spacial score (nSPS) is 17.2. The molecule has 1 saturated heterocycles. The number of nitrogens with one attached hydrogen (secondary N) is 2. The molecular formula is C17H38IN5. The van der Waals surface area contributed by atoms with Gasteiger partial charge < -0.3 is 20.4 Å². The van der Waals surface area contributed by atoms with Crippen molar-refractivity contribution in [2.24, 2.45) is 10.9 Å². The lowest BCUT2D eigenvalue weighted by molar-refractivity contribution is 0.136. The first-order valence-corrected chi connectivity index (χ1v) is 9.05. The standard InChI is InChI=1S/C17H37N5.HI/c1-5-21-12-14-22(15-13-21)11-7-6-9-19-17(18-4)20-10-8-16(2)3;/h16H,5-15H2,1-4H3,(H2,18,19,20);1H. The summed E-state index contributed by atoms with van der Waals surface area (Å²) in [4.78, 5) is 9.40. The van der Waals surface area contributed by atoms with Crippen LogP contribution in [0.3, 0.4) is 0 Å². The van der Waals surface area contributed by atoms with Crippen molar-refractivity contribution in [1.29, 1.82) is 0 Å². The molecule has 0 unspecified atom stereocenters.